The van der Waals surface area contributed by atoms with E-state index in [-0.39, 0.29) is 11.5 Å². The summed E-state index contributed by atoms with van der Waals surface area (Å²) in [4.78, 5) is 11.6. The van der Waals surface area contributed by atoms with Crippen LogP contribution in [-0.4, -0.2) is 24.2 Å². The number of amides is 1. The monoisotopic (exact) mass is 297 g/mol. The third kappa shape index (κ3) is 6.70. The molecular formula is C15H23NO3S. The molecule has 0 saturated carbocycles. The molecular weight excluding hydrogens is 274 g/mol. The number of rotatable bonds is 5. The maximum atomic E-state index is 11.6. The Labute approximate surface area is 125 Å². The van der Waals surface area contributed by atoms with Gasteiger partial charge in [-0.05, 0) is 45.4 Å². The van der Waals surface area contributed by atoms with Crippen molar-refractivity contribution in [3.63, 3.8) is 0 Å². The van der Waals surface area contributed by atoms with Gasteiger partial charge in [0.25, 0.3) is 0 Å². The highest BCUT2D eigenvalue weighted by atomic mass is 32.2. The Balaban J connectivity index is 2.35. The van der Waals surface area contributed by atoms with Crippen molar-refractivity contribution in [2.45, 2.75) is 44.4 Å². The van der Waals surface area contributed by atoms with Crippen LogP contribution in [0.1, 0.15) is 33.3 Å². The minimum absolute atomic E-state index is 0.00745. The van der Waals surface area contributed by atoms with Crippen LogP contribution in [-0.2, 0) is 10.5 Å². The molecule has 1 amide bonds. The number of ether oxygens (including phenoxy) is 2. The first-order valence-corrected chi connectivity index (χ1v) is 7.59. The van der Waals surface area contributed by atoms with Crippen LogP contribution < -0.4 is 10.1 Å². The lowest BCUT2D eigenvalue weighted by atomic mass is 10.2. The highest BCUT2D eigenvalue weighted by Gasteiger charge is 2.17. The Morgan fingerprint density at radius 1 is 1.30 bits per heavy atom. The summed E-state index contributed by atoms with van der Waals surface area (Å²) in [5.41, 5.74) is 0.721. The average molecular weight is 297 g/mol. The van der Waals surface area contributed by atoms with Crippen LogP contribution in [0, 0.1) is 0 Å². The van der Waals surface area contributed by atoms with Gasteiger partial charge in [0.1, 0.15) is 11.4 Å². The van der Waals surface area contributed by atoms with Gasteiger partial charge in [-0.25, -0.2) is 4.79 Å². The van der Waals surface area contributed by atoms with Gasteiger partial charge in [-0.15, -0.1) is 11.8 Å². The van der Waals surface area contributed by atoms with E-state index in [0.717, 1.165) is 11.5 Å². The average Bonchev–Trinajstić information content (AvgIpc) is 2.34. The fraction of sp³-hybridized carbons (Fsp3) is 0.533. The van der Waals surface area contributed by atoms with E-state index >= 15 is 0 Å². The number of hydrogen-bond donors (Lipinski definition) is 1. The molecule has 0 radical (unpaired) electrons. The van der Waals surface area contributed by atoms with Crippen molar-refractivity contribution in [2.75, 3.05) is 7.11 Å². The van der Waals surface area contributed by atoms with Crippen molar-refractivity contribution in [2.24, 2.45) is 0 Å². The van der Waals surface area contributed by atoms with Crippen LogP contribution in [0.4, 0.5) is 4.79 Å². The van der Waals surface area contributed by atoms with E-state index in [9.17, 15) is 4.79 Å². The molecule has 20 heavy (non-hydrogen) atoms. The summed E-state index contributed by atoms with van der Waals surface area (Å²) in [6.45, 7) is 7.49. The molecule has 1 rings (SSSR count). The summed E-state index contributed by atoms with van der Waals surface area (Å²) in [6, 6.07) is 7.90. The fourth-order valence-electron chi connectivity index (χ4n) is 1.46. The summed E-state index contributed by atoms with van der Waals surface area (Å²) in [5.74, 6) is 1.67. The highest BCUT2D eigenvalue weighted by Crippen LogP contribution is 2.19. The molecule has 1 atom stereocenters. The maximum absolute atomic E-state index is 11.6. The Bertz CT molecular complexity index is 426. The summed E-state index contributed by atoms with van der Waals surface area (Å²) in [5, 5.41) is 2.80. The predicted molar refractivity (Wildman–Crippen MR) is 83.1 cm³/mol. The Kier molecular flexibility index (Phi) is 6.20. The molecule has 0 bridgehead atoms. The third-order valence-electron chi connectivity index (χ3n) is 2.38. The molecule has 4 nitrogen and oxygen atoms in total. The van der Waals surface area contributed by atoms with E-state index in [1.165, 1.54) is 5.56 Å². The van der Waals surface area contributed by atoms with Crippen molar-refractivity contribution < 1.29 is 14.3 Å². The maximum Gasteiger partial charge on any atom is 0.408 e. The zero-order valence-corrected chi connectivity index (χ0v) is 13.5. The summed E-state index contributed by atoms with van der Waals surface area (Å²) < 4.78 is 10.3. The number of alkyl carbamates (subject to hydrolysis) is 1. The number of carbonyl (C=O) groups is 1. The van der Waals surface area contributed by atoms with E-state index in [1.54, 1.807) is 18.9 Å². The standard InChI is InChI=1S/C15H23NO3S/c1-11(16-14(17)19-15(2,3)4)20-10-12-6-8-13(18-5)9-7-12/h6-9,11H,10H2,1-5H3,(H,16,17). The molecule has 1 N–H and O–H groups in total. The van der Waals surface area contributed by atoms with Crippen molar-refractivity contribution in [3.05, 3.63) is 29.8 Å². The number of nitrogens with one attached hydrogen (secondary N) is 1. The quantitative estimate of drug-likeness (QED) is 0.840. The van der Waals surface area contributed by atoms with Gasteiger partial charge >= 0.3 is 6.09 Å². The SMILES string of the molecule is COc1ccc(CSC(C)NC(=O)OC(C)(C)C)cc1. The second kappa shape index (κ2) is 7.43. The molecule has 0 aliphatic heterocycles. The van der Waals surface area contributed by atoms with Gasteiger partial charge in [0.2, 0.25) is 0 Å². The second-order valence-electron chi connectivity index (χ2n) is 5.45. The van der Waals surface area contributed by atoms with Gasteiger partial charge in [0.05, 0.1) is 12.5 Å². The van der Waals surface area contributed by atoms with E-state index in [2.05, 4.69) is 5.32 Å². The summed E-state index contributed by atoms with van der Waals surface area (Å²) in [7, 11) is 1.65. The van der Waals surface area contributed by atoms with Crippen molar-refractivity contribution in [1.29, 1.82) is 0 Å². The van der Waals surface area contributed by atoms with Gasteiger partial charge in [0.15, 0.2) is 0 Å². The summed E-state index contributed by atoms with van der Waals surface area (Å²) in [6.07, 6.45) is -0.382. The highest BCUT2D eigenvalue weighted by molar-refractivity contribution is 7.99. The first-order chi connectivity index (χ1) is 9.30. The molecule has 0 aliphatic carbocycles. The van der Waals surface area contributed by atoms with Crippen molar-refractivity contribution >= 4 is 17.9 Å². The van der Waals surface area contributed by atoms with Gasteiger partial charge in [-0.1, -0.05) is 12.1 Å². The minimum atomic E-state index is -0.468. The van der Waals surface area contributed by atoms with E-state index < -0.39 is 5.60 Å². The van der Waals surface area contributed by atoms with Crippen LogP contribution in [0.5, 0.6) is 5.75 Å². The molecule has 0 heterocycles. The normalized spacial score (nSPS) is 12.7. The lowest BCUT2D eigenvalue weighted by Gasteiger charge is -2.21. The Morgan fingerprint density at radius 2 is 1.90 bits per heavy atom. The number of carbonyl (C=O) groups excluding carboxylic acids is 1. The van der Waals surface area contributed by atoms with Crippen molar-refractivity contribution in [1.82, 2.24) is 5.32 Å². The topological polar surface area (TPSA) is 47.6 Å². The smallest absolute Gasteiger partial charge is 0.408 e. The number of thioether (sulfide) groups is 1. The molecule has 1 aromatic rings. The Morgan fingerprint density at radius 3 is 2.40 bits per heavy atom. The van der Waals surface area contributed by atoms with Crippen LogP contribution in [0.15, 0.2) is 24.3 Å². The van der Waals surface area contributed by atoms with Crippen LogP contribution in [0.2, 0.25) is 0 Å². The van der Waals surface area contributed by atoms with Gasteiger partial charge in [-0.2, -0.15) is 0 Å². The van der Waals surface area contributed by atoms with Gasteiger partial charge in [0, 0.05) is 5.75 Å². The second-order valence-corrected chi connectivity index (χ2v) is 6.78. The molecule has 0 saturated heterocycles. The Hall–Kier alpha value is -1.36. The zero-order valence-electron chi connectivity index (χ0n) is 12.7. The molecule has 5 heteroatoms. The molecule has 0 spiro atoms. The summed E-state index contributed by atoms with van der Waals surface area (Å²) >= 11 is 1.64. The lowest BCUT2D eigenvalue weighted by Crippen LogP contribution is -2.36. The minimum Gasteiger partial charge on any atom is -0.497 e. The first-order valence-electron chi connectivity index (χ1n) is 6.54. The van der Waals surface area contributed by atoms with E-state index in [1.807, 2.05) is 52.0 Å². The molecule has 0 aromatic heterocycles. The number of benzene rings is 1. The molecule has 0 fully saturated rings. The third-order valence-corrected chi connectivity index (χ3v) is 3.50. The van der Waals surface area contributed by atoms with Crippen LogP contribution >= 0.6 is 11.8 Å². The van der Waals surface area contributed by atoms with Crippen LogP contribution in [0.25, 0.3) is 0 Å². The molecule has 112 valence electrons. The molecule has 0 aliphatic rings. The molecule has 1 aromatic carbocycles. The first kappa shape index (κ1) is 16.7. The van der Waals surface area contributed by atoms with Crippen LogP contribution in [0.3, 0.4) is 0 Å². The number of hydrogen-bond acceptors (Lipinski definition) is 4. The fourth-order valence-corrected chi connectivity index (χ4v) is 2.27. The lowest BCUT2D eigenvalue weighted by molar-refractivity contribution is 0.0525. The van der Waals surface area contributed by atoms with E-state index in [0.29, 0.717) is 0 Å². The largest absolute Gasteiger partial charge is 0.497 e. The van der Waals surface area contributed by atoms with E-state index in [4.69, 9.17) is 9.47 Å². The van der Waals surface area contributed by atoms with Gasteiger partial charge < -0.3 is 14.8 Å². The van der Waals surface area contributed by atoms with Gasteiger partial charge in [-0.3, -0.25) is 0 Å². The van der Waals surface area contributed by atoms with Crippen molar-refractivity contribution in [3.8, 4) is 5.75 Å². The number of methoxy groups -OCH3 is 1. The zero-order chi connectivity index (χ0) is 15.2. The molecule has 1 unspecified atom stereocenters. The predicted octanol–water partition coefficient (Wildman–Crippen LogP) is 3.80.